The molecule has 0 fully saturated rings. The van der Waals surface area contributed by atoms with E-state index in [1.165, 1.54) is 5.56 Å². The maximum atomic E-state index is 7.02. The number of hydrogen-bond donors (Lipinski definition) is 1. The fourth-order valence-corrected chi connectivity index (χ4v) is 4.68. The molecule has 0 bridgehead atoms. The summed E-state index contributed by atoms with van der Waals surface area (Å²) in [5.41, 5.74) is 3.27. The minimum Gasteiger partial charge on any atom is -0.508 e. The number of fused-ring (bicyclic) bond motifs is 1. The van der Waals surface area contributed by atoms with Crippen molar-refractivity contribution in [1.82, 2.24) is 0 Å². The van der Waals surface area contributed by atoms with Gasteiger partial charge in [0.2, 0.25) is 0 Å². The van der Waals surface area contributed by atoms with Crippen LogP contribution < -0.4 is 4.74 Å². The summed E-state index contributed by atoms with van der Waals surface area (Å²) in [5, 5.41) is 5.37. The lowest BCUT2D eigenvalue weighted by Gasteiger charge is -2.34. The number of ether oxygens (including phenoxy) is 1. The largest absolute Gasteiger partial charge is 0.508 e. The smallest absolute Gasteiger partial charge is 0.293 e. The summed E-state index contributed by atoms with van der Waals surface area (Å²) in [7, 11) is 0. The first-order valence-corrected chi connectivity index (χ1v) is 14.4. The third kappa shape index (κ3) is 5.00. The molecule has 0 saturated carbocycles. The van der Waals surface area contributed by atoms with Crippen LogP contribution in [0.4, 0.5) is 0 Å². The highest BCUT2D eigenvalue weighted by atomic mass is 127. The molecule has 3 aromatic carbocycles. The molecule has 2 nitrogen and oxygen atoms in total. The third-order valence-corrected chi connectivity index (χ3v) is 6.38. The Morgan fingerprint density at radius 1 is 1.11 bits per heavy atom. The first-order chi connectivity index (χ1) is 14.1. The van der Waals surface area contributed by atoms with Gasteiger partial charge in [-0.3, -0.25) is 0 Å². The highest BCUT2D eigenvalue weighted by molar-refractivity contribution is 14.2. The zero-order valence-electron chi connectivity index (χ0n) is 15.8. The Morgan fingerprint density at radius 2 is 1.79 bits per heavy atom. The van der Waals surface area contributed by atoms with Gasteiger partial charge in [-0.2, -0.15) is 0 Å². The van der Waals surface area contributed by atoms with Crippen molar-refractivity contribution in [3.05, 3.63) is 88.4 Å². The number of hydrogen-bond acceptors (Lipinski definition) is 4. The maximum Gasteiger partial charge on any atom is 0.293 e. The van der Waals surface area contributed by atoms with Crippen molar-refractivity contribution < 1.29 is 9.85 Å². The maximum absolute atomic E-state index is 7.02. The van der Waals surface area contributed by atoms with Crippen LogP contribution in [-0.4, -0.2) is 6.54 Å². The van der Waals surface area contributed by atoms with E-state index in [0.29, 0.717) is 5.75 Å². The molecule has 2 atom stereocenters. The number of rotatable bonds is 3. The van der Waals surface area contributed by atoms with Crippen LogP contribution in [0.25, 0.3) is 0 Å². The number of benzene rings is 3. The monoisotopic (exact) mass is 560 g/mol. The molecule has 0 radical (unpaired) electrons. The molecule has 1 N–H and O–H groups in total. The fourth-order valence-electron chi connectivity index (χ4n) is 3.01. The topological polar surface area (TPSA) is 29.5 Å². The van der Waals surface area contributed by atoms with Crippen LogP contribution >= 0.6 is 50.4 Å². The summed E-state index contributed by atoms with van der Waals surface area (Å²) < 4.78 is 13.4. The zero-order chi connectivity index (χ0) is 20.8. The molecule has 28 heavy (non-hydrogen) atoms. The predicted octanol–water partition coefficient (Wildman–Crippen LogP) is 8.07. The average molecular weight is 561 g/mol. The minimum atomic E-state index is -0.159. The summed E-state index contributed by atoms with van der Waals surface area (Å²) in [5.74, 6) is 1.32. The van der Waals surface area contributed by atoms with Crippen LogP contribution in [0, 0.1) is 6.92 Å². The van der Waals surface area contributed by atoms with Gasteiger partial charge in [-0.15, -0.1) is 11.8 Å². The van der Waals surface area contributed by atoms with Gasteiger partial charge in [0.15, 0.2) is 0 Å². The van der Waals surface area contributed by atoms with E-state index in [1.807, 2.05) is 49.4 Å². The summed E-state index contributed by atoms with van der Waals surface area (Å²) in [6, 6.07) is 21.8. The number of aromatic hydroxyl groups is 1. The number of phenolic OH excluding ortho intramolecular Hbond substituents is 1. The Kier molecular flexibility index (Phi) is 7.48. The lowest BCUT2D eigenvalue weighted by molar-refractivity contribution is 0.191. The van der Waals surface area contributed by atoms with E-state index < -0.39 is 0 Å². The van der Waals surface area contributed by atoms with Crippen molar-refractivity contribution in [2.75, 3.05) is 0 Å². The van der Waals surface area contributed by atoms with Crippen LogP contribution in [0.2, 0.25) is 5.02 Å². The predicted molar refractivity (Wildman–Crippen MR) is 131 cm³/mol. The van der Waals surface area contributed by atoms with Gasteiger partial charge in [0.1, 0.15) is 17.6 Å². The molecule has 0 unspecified atom stereocenters. The first-order valence-electron chi connectivity index (χ1n) is 8.84. The summed E-state index contributed by atoms with van der Waals surface area (Å²) >= 11 is 14.7. The van der Waals surface area contributed by atoms with Crippen molar-refractivity contribution in [3.8, 4) is 11.5 Å². The molecular weight excluding hydrogens is 542 g/mol. The van der Waals surface area contributed by atoms with E-state index in [4.69, 9.17) is 17.8 Å². The van der Waals surface area contributed by atoms with Gasteiger partial charge >= 0.3 is 0 Å². The summed E-state index contributed by atoms with van der Waals surface area (Å²) in [4.78, 5) is 1.96. The van der Waals surface area contributed by atoms with Gasteiger partial charge in [-0.1, -0.05) is 60.1 Å². The second-order valence-electron chi connectivity index (χ2n) is 6.15. The van der Waals surface area contributed by atoms with Crippen LogP contribution in [-0.2, 0) is 11.8 Å². The third-order valence-electron chi connectivity index (χ3n) is 4.36. The van der Waals surface area contributed by atoms with Crippen molar-refractivity contribution in [2.45, 2.75) is 23.2 Å². The molecule has 1 aliphatic heterocycles. The Labute approximate surface area is 195 Å². The molecule has 0 aromatic heterocycles. The second-order valence-corrected chi connectivity index (χ2v) is 11.8. The fraction of sp³-hybridized carbons (Fsp3) is 0.143. The molecule has 0 amide bonds. The SMILES string of the molecule is S=PI.[3H]Oc1ccc([C@H]2Oc3ccc(C)c(Cl)c3S[C@H]2c2ccccc2)cc1. The highest BCUT2D eigenvalue weighted by Crippen LogP contribution is 2.55. The van der Waals surface area contributed by atoms with Crippen LogP contribution in [0.5, 0.6) is 11.5 Å². The van der Waals surface area contributed by atoms with Gasteiger partial charge in [-0.05, 0) is 75.7 Å². The molecule has 7 heteroatoms. The van der Waals surface area contributed by atoms with Crippen LogP contribution in [0.3, 0.4) is 0 Å². The summed E-state index contributed by atoms with van der Waals surface area (Å²) in [6.45, 7) is 2.01. The quantitative estimate of drug-likeness (QED) is 0.259. The van der Waals surface area contributed by atoms with E-state index in [2.05, 4.69) is 51.1 Å². The molecule has 0 aliphatic carbocycles. The lowest BCUT2D eigenvalue weighted by atomic mass is 10.00. The van der Waals surface area contributed by atoms with Crippen LogP contribution in [0.1, 0.15) is 28.0 Å². The first kappa shape index (κ1) is 20.4. The van der Waals surface area contributed by atoms with E-state index in [9.17, 15) is 0 Å². The highest BCUT2D eigenvalue weighted by Gasteiger charge is 2.34. The van der Waals surface area contributed by atoms with E-state index in [1.54, 1.807) is 23.9 Å². The molecule has 1 heterocycles. The molecule has 4 rings (SSSR count). The molecule has 0 spiro atoms. The van der Waals surface area contributed by atoms with Gasteiger partial charge in [0.05, 0.1) is 15.2 Å². The Balaban J connectivity index is 0.000000755. The van der Waals surface area contributed by atoms with Crippen molar-refractivity contribution in [2.24, 2.45) is 0 Å². The number of aryl methyl sites for hydroxylation is 1. The Hall–Kier alpha value is -0.850. The van der Waals surface area contributed by atoms with Gasteiger partial charge in [0, 0.05) is 5.00 Å². The number of thioether (sulfide) groups is 1. The van der Waals surface area contributed by atoms with Crippen molar-refractivity contribution >= 4 is 62.2 Å². The number of halogens is 2. The zero-order valence-corrected chi connectivity index (χ0v) is 20.3. The minimum absolute atomic E-state index is 0.0748. The average Bonchev–Trinajstić information content (AvgIpc) is 2.77. The van der Waals surface area contributed by atoms with Gasteiger partial charge in [-0.25, -0.2) is 0 Å². The van der Waals surface area contributed by atoms with E-state index in [0.717, 1.165) is 31.8 Å². The molecule has 144 valence electrons. The molecular formula is C21H17ClIO2PS2. The second kappa shape index (κ2) is 10.3. The Morgan fingerprint density at radius 3 is 2.43 bits per heavy atom. The molecule has 0 saturated heterocycles. The standard InChI is InChI=1S/C21H17ClO2S.IPS/c1-13-7-12-17-21(18(13)22)25-20(15-5-3-2-4-6-15)19(24-17)14-8-10-16(23)11-9-14;1-2-3/h2-12,19-20,23H,1H3;/t19-,20+;/m1./s1/i/hT. The molecule has 3 aromatic rings. The van der Waals surface area contributed by atoms with Gasteiger partial charge in [0.25, 0.3) is 1.43 Å². The summed E-state index contributed by atoms with van der Waals surface area (Å²) in [6.07, 6.45) is -0.159. The number of phenols is 1. The van der Waals surface area contributed by atoms with E-state index in [-0.39, 0.29) is 11.4 Å². The van der Waals surface area contributed by atoms with Crippen molar-refractivity contribution in [1.29, 1.82) is 1.43 Å². The Bertz CT molecular complexity index is 976. The normalized spacial score (nSPS) is 18.2. The van der Waals surface area contributed by atoms with Crippen LogP contribution in [0.15, 0.2) is 71.6 Å². The molecule has 1 aliphatic rings. The van der Waals surface area contributed by atoms with E-state index >= 15 is 0 Å². The lowest BCUT2D eigenvalue weighted by Crippen LogP contribution is -2.19. The van der Waals surface area contributed by atoms with Crippen molar-refractivity contribution in [3.63, 3.8) is 0 Å². The van der Waals surface area contributed by atoms with Gasteiger partial charge < -0.3 is 9.85 Å².